The van der Waals surface area contributed by atoms with Crippen LogP contribution in [0.15, 0.2) is 28.4 Å². The van der Waals surface area contributed by atoms with Gasteiger partial charge in [-0.15, -0.1) is 0 Å². The van der Waals surface area contributed by atoms with Gasteiger partial charge in [0.2, 0.25) is 0 Å². The van der Waals surface area contributed by atoms with Gasteiger partial charge in [-0.3, -0.25) is 0 Å². The van der Waals surface area contributed by atoms with E-state index in [1.165, 1.54) is 11.8 Å². The summed E-state index contributed by atoms with van der Waals surface area (Å²) in [7, 11) is 1.87. The van der Waals surface area contributed by atoms with Gasteiger partial charge in [0.1, 0.15) is 21.7 Å². The maximum Gasteiger partial charge on any atom is 0.137 e. The standard InChI is InChI=1S/C15H19ClN4S/c1-9-12(17-5)19-14(15(2,3)4)20-13(9)21-11-7-6-10(16)8-18-11/h6-8H,1-5H3,(H,17,19,20). The van der Waals surface area contributed by atoms with Crippen LogP contribution in [0.5, 0.6) is 0 Å². The number of nitrogens with one attached hydrogen (secondary N) is 1. The van der Waals surface area contributed by atoms with E-state index in [9.17, 15) is 0 Å². The Morgan fingerprint density at radius 1 is 1.19 bits per heavy atom. The van der Waals surface area contributed by atoms with E-state index in [0.29, 0.717) is 5.02 Å². The molecule has 0 unspecified atom stereocenters. The van der Waals surface area contributed by atoms with Crippen molar-refractivity contribution in [3.05, 3.63) is 34.7 Å². The van der Waals surface area contributed by atoms with Gasteiger partial charge in [-0.1, -0.05) is 32.4 Å². The molecule has 0 atom stereocenters. The van der Waals surface area contributed by atoms with E-state index in [1.807, 2.05) is 26.1 Å². The Bertz CT molecular complexity index is 635. The zero-order valence-electron chi connectivity index (χ0n) is 12.9. The quantitative estimate of drug-likeness (QED) is 0.853. The highest BCUT2D eigenvalue weighted by Gasteiger charge is 2.21. The molecule has 0 aromatic carbocycles. The molecule has 2 heterocycles. The van der Waals surface area contributed by atoms with Gasteiger partial charge in [0.15, 0.2) is 0 Å². The molecule has 0 aliphatic rings. The summed E-state index contributed by atoms with van der Waals surface area (Å²) in [5.74, 6) is 1.67. The van der Waals surface area contributed by atoms with Crippen LogP contribution >= 0.6 is 23.4 Å². The molecule has 1 N–H and O–H groups in total. The molecule has 0 radical (unpaired) electrons. The average molecular weight is 323 g/mol. The second-order valence-electron chi connectivity index (χ2n) is 5.74. The first-order valence-corrected chi connectivity index (χ1v) is 7.87. The van der Waals surface area contributed by atoms with Crippen molar-refractivity contribution < 1.29 is 0 Å². The minimum atomic E-state index is -0.109. The molecule has 0 amide bonds. The molecule has 21 heavy (non-hydrogen) atoms. The van der Waals surface area contributed by atoms with Crippen LogP contribution in [0.1, 0.15) is 32.2 Å². The Morgan fingerprint density at radius 2 is 1.90 bits per heavy atom. The molecule has 2 rings (SSSR count). The monoisotopic (exact) mass is 322 g/mol. The third kappa shape index (κ3) is 3.86. The highest BCUT2D eigenvalue weighted by molar-refractivity contribution is 7.99. The number of rotatable bonds is 3. The van der Waals surface area contributed by atoms with Crippen LogP contribution in [0.4, 0.5) is 5.82 Å². The van der Waals surface area contributed by atoms with Crippen molar-refractivity contribution in [2.75, 3.05) is 12.4 Å². The summed E-state index contributed by atoms with van der Waals surface area (Å²) in [6, 6.07) is 3.72. The molecule has 0 saturated carbocycles. The van der Waals surface area contributed by atoms with Gasteiger partial charge < -0.3 is 5.32 Å². The van der Waals surface area contributed by atoms with Gasteiger partial charge in [-0.2, -0.15) is 0 Å². The van der Waals surface area contributed by atoms with E-state index in [4.69, 9.17) is 16.6 Å². The topological polar surface area (TPSA) is 50.7 Å². The van der Waals surface area contributed by atoms with Crippen molar-refractivity contribution >= 4 is 29.2 Å². The van der Waals surface area contributed by atoms with Crippen LogP contribution in [0, 0.1) is 6.92 Å². The van der Waals surface area contributed by atoms with Gasteiger partial charge >= 0.3 is 0 Å². The van der Waals surface area contributed by atoms with Crippen molar-refractivity contribution in [1.29, 1.82) is 0 Å². The van der Waals surface area contributed by atoms with Crippen molar-refractivity contribution in [2.24, 2.45) is 0 Å². The maximum absolute atomic E-state index is 5.87. The van der Waals surface area contributed by atoms with E-state index < -0.39 is 0 Å². The molecule has 0 aliphatic carbocycles. The minimum absolute atomic E-state index is 0.109. The van der Waals surface area contributed by atoms with E-state index in [2.05, 4.69) is 36.1 Å². The molecule has 0 spiro atoms. The third-order valence-electron chi connectivity index (χ3n) is 2.91. The lowest BCUT2D eigenvalue weighted by atomic mass is 9.95. The van der Waals surface area contributed by atoms with Gasteiger partial charge in [0.05, 0.1) is 5.02 Å². The van der Waals surface area contributed by atoms with Crippen molar-refractivity contribution in [1.82, 2.24) is 15.0 Å². The summed E-state index contributed by atoms with van der Waals surface area (Å²) in [6.07, 6.45) is 1.64. The number of hydrogen-bond acceptors (Lipinski definition) is 5. The number of nitrogens with zero attached hydrogens (tertiary/aromatic N) is 3. The van der Waals surface area contributed by atoms with Crippen molar-refractivity contribution in [3.63, 3.8) is 0 Å². The fourth-order valence-electron chi connectivity index (χ4n) is 1.70. The lowest BCUT2D eigenvalue weighted by Crippen LogP contribution is -2.18. The Labute approximate surface area is 134 Å². The third-order valence-corrected chi connectivity index (χ3v) is 4.18. The summed E-state index contributed by atoms with van der Waals surface area (Å²) in [4.78, 5) is 13.6. The predicted molar refractivity (Wildman–Crippen MR) is 88.4 cm³/mol. The first kappa shape index (κ1) is 16.0. The van der Waals surface area contributed by atoms with Crippen molar-refractivity contribution in [3.8, 4) is 0 Å². The summed E-state index contributed by atoms with van der Waals surface area (Å²) in [6.45, 7) is 8.32. The number of hydrogen-bond donors (Lipinski definition) is 1. The molecule has 0 fully saturated rings. The van der Waals surface area contributed by atoms with Crippen LogP contribution in [-0.4, -0.2) is 22.0 Å². The molecular weight excluding hydrogens is 304 g/mol. The van der Waals surface area contributed by atoms with Crippen LogP contribution in [0.2, 0.25) is 5.02 Å². The first-order valence-electron chi connectivity index (χ1n) is 6.67. The summed E-state index contributed by atoms with van der Waals surface area (Å²) in [5.41, 5.74) is 0.912. The van der Waals surface area contributed by atoms with Crippen LogP contribution in [-0.2, 0) is 5.41 Å². The molecule has 0 saturated heterocycles. The van der Waals surface area contributed by atoms with Gasteiger partial charge in [0.25, 0.3) is 0 Å². The van der Waals surface area contributed by atoms with E-state index in [-0.39, 0.29) is 5.41 Å². The average Bonchev–Trinajstić information content (AvgIpc) is 2.42. The van der Waals surface area contributed by atoms with Crippen LogP contribution in [0.3, 0.4) is 0 Å². The Hall–Kier alpha value is -1.33. The lowest BCUT2D eigenvalue weighted by Gasteiger charge is -2.20. The SMILES string of the molecule is CNc1nc(C(C)(C)C)nc(Sc2ccc(Cl)cn2)c1C. The molecular formula is C15H19ClN4S. The van der Waals surface area contributed by atoms with Crippen LogP contribution in [0.25, 0.3) is 0 Å². The zero-order valence-corrected chi connectivity index (χ0v) is 14.4. The molecule has 0 aliphatic heterocycles. The maximum atomic E-state index is 5.87. The molecule has 112 valence electrons. The Morgan fingerprint density at radius 3 is 2.43 bits per heavy atom. The second kappa shape index (κ2) is 6.20. The molecule has 4 nitrogen and oxygen atoms in total. The smallest absolute Gasteiger partial charge is 0.137 e. The minimum Gasteiger partial charge on any atom is -0.373 e. The Kier molecular flexibility index (Phi) is 4.74. The van der Waals surface area contributed by atoms with E-state index in [1.54, 1.807) is 6.20 Å². The van der Waals surface area contributed by atoms with Gasteiger partial charge in [-0.25, -0.2) is 15.0 Å². The highest BCUT2D eigenvalue weighted by Crippen LogP contribution is 2.32. The lowest BCUT2D eigenvalue weighted by molar-refractivity contribution is 0.538. The predicted octanol–water partition coefficient (Wildman–Crippen LogP) is 4.32. The summed E-state index contributed by atoms with van der Waals surface area (Å²) in [5, 5.41) is 5.54. The summed E-state index contributed by atoms with van der Waals surface area (Å²) >= 11 is 7.39. The Balaban J connectivity index is 2.44. The van der Waals surface area contributed by atoms with Gasteiger partial charge in [0, 0.05) is 24.2 Å². The molecule has 0 bridgehead atoms. The fourth-order valence-corrected chi connectivity index (χ4v) is 2.63. The summed E-state index contributed by atoms with van der Waals surface area (Å²) < 4.78 is 0. The van der Waals surface area contributed by atoms with E-state index in [0.717, 1.165) is 27.3 Å². The van der Waals surface area contributed by atoms with Crippen LogP contribution < -0.4 is 5.32 Å². The number of aromatic nitrogens is 3. The second-order valence-corrected chi connectivity index (χ2v) is 7.19. The number of halogens is 1. The van der Waals surface area contributed by atoms with Crippen molar-refractivity contribution in [2.45, 2.75) is 43.2 Å². The molecule has 2 aromatic rings. The zero-order chi connectivity index (χ0) is 15.6. The molecule has 6 heteroatoms. The van der Waals surface area contributed by atoms with Gasteiger partial charge in [-0.05, 0) is 30.8 Å². The fraction of sp³-hybridized carbons (Fsp3) is 0.400. The largest absolute Gasteiger partial charge is 0.373 e. The number of anilines is 1. The first-order chi connectivity index (χ1) is 9.81. The molecule has 2 aromatic heterocycles. The normalized spacial score (nSPS) is 11.5. The van der Waals surface area contributed by atoms with E-state index >= 15 is 0 Å². The highest BCUT2D eigenvalue weighted by atomic mass is 35.5. The number of pyridine rings is 1.